The van der Waals surface area contributed by atoms with Gasteiger partial charge >= 0.3 is 6.03 Å². The van der Waals surface area contributed by atoms with Crippen molar-refractivity contribution in [2.24, 2.45) is 0 Å². The second-order valence-corrected chi connectivity index (χ2v) is 8.54. The Hall–Kier alpha value is -4.55. The summed E-state index contributed by atoms with van der Waals surface area (Å²) >= 11 is 0. The molecule has 1 aliphatic rings. The lowest BCUT2D eigenvalue weighted by Gasteiger charge is -2.12. The van der Waals surface area contributed by atoms with Crippen molar-refractivity contribution in [1.29, 1.82) is 5.26 Å². The Bertz CT molecular complexity index is 1400. The zero-order valence-electron chi connectivity index (χ0n) is 19.8. The fourth-order valence-electron chi connectivity index (χ4n) is 4.18. The summed E-state index contributed by atoms with van der Waals surface area (Å²) in [4.78, 5) is 12.5. The van der Waals surface area contributed by atoms with Crippen molar-refractivity contribution < 1.29 is 14.3 Å². The van der Waals surface area contributed by atoms with Crippen LogP contribution in [0.2, 0.25) is 0 Å². The van der Waals surface area contributed by atoms with Crippen LogP contribution in [-0.2, 0) is 4.74 Å². The van der Waals surface area contributed by atoms with Crippen molar-refractivity contribution in [1.82, 2.24) is 14.9 Å². The van der Waals surface area contributed by atoms with Crippen molar-refractivity contribution in [2.75, 3.05) is 23.8 Å². The SMILES string of the molecule is Cc1c(NC(=O)NCC2CCCO2)cn2ncc(C#N)c(Nc3ccc(Oc4ccccc4)cc3)c12. The minimum atomic E-state index is -0.312. The summed E-state index contributed by atoms with van der Waals surface area (Å²) < 4.78 is 13.1. The smallest absolute Gasteiger partial charge is 0.319 e. The summed E-state index contributed by atoms with van der Waals surface area (Å²) in [5, 5.41) is 23.2. The highest BCUT2D eigenvalue weighted by atomic mass is 16.5. The van der Waals surface area contributed by atoms with Gasteiger partial charge in [-0.3, -0.25) is 0 Å². The topological polar surface area (TPSA) is 113 Å². The highest BCUT2D eigenvalue weighted by Gasteiger charge is 2.19. The number of para-hydroxylation sites is 1. The summed E-state index contributed by atoms with van der Waals surface area (Å²) in [7, 11) is 0. The number of rotatable bonds is 7. The van der Waals surface area contributed by atoms with Gasteiger partial charge in [-0.2, -0.15) is 10.4 Å². The first-order valence-electron chi connectivity index (χ1n) is 11.8. The van der Waals surface area contributed by atoms with Crippen LogP contribution in [0.5, 0.6) is 11.5 Å². The average molecular weight is 483 g/mol. The van der Waals surface area contributed by atoms with Gasteiger partial charge in [-0.05, 0) is 56.2 Å². The summed E-state index contributed by atoms with van der Waals surface area (Å²) in [6.45, 7) is 3.09. The van der Waals surface area contributed by atoms with Crippen LogP contribution in [0.25, 0.3) is 5.52 Å². The largest absolute Gasteiger partial charge is 0.457 e. The number of nitriles is 1. The fraction of sp³-hybridized carbons (Fsp3) is 0.222. The van der Waals surface area contributed by atoms with E-state index in [-0.39, 0.29) is 12.1 Å². The van der Waals surface area contributed by atoms with Gasteiger partial charge < -0.3 is 25.4 Å². The third-order valence-electron chi connectivity index (χ3n) is 6.04. The van der Waals surface area contributed by atoms with Gasteiger partial charge in [0.05, 0.1) is 41.0 Å². The van der Waals surface area contributed by atoms with E-state index in [2.05, 4.69) is 27.1 Å². The van der Waals surface area contributed by atoms with Crippen LogP contribution in [-0.4, -0.2) is 34.9 Å². The summed E-state index contributed by atoms with van der Waals surface area (Å²) in [5.41, 5.74) is 3.88. The third kappa shape index (κ3) is 5.09. The van der Waals surface area contributed by atoms with Crippen LogP contribution < -0.4 is 20.7 Å². The molecule has 0 aliphatic carbocycles. The Kier molecular flexibility index (Phi) is 6.69. The molecule has 1 fully saturated rings. The molecule has 4 aromatic rings. The molecule has 1 saturated heterocycles. The molecular formula is C27H26N6O3. The van der Waals surface area contributed by atoms with Gasteiger partial charge in [-0.1, -0.05) is 18.2 Å². The number of urea groups is 1. The molecule has 9 heteroatoms. The standard InChI is InChI=1S/C27H26N6O3/c1-18-24(32-27(34)29-16-23-8-5-13-35-23)17-33-26(18)25(19(14-28)15-30-33)31-20-9-11-22(12-10-20)36-21-6-3-2-4-7-21/h2-4,6-7,9-12,15,17,23,31H,5,8,13,16H2,1H3,(H2,29,32,34). The van der Waals surface area contributed by atoms with Crippen molar-refractivity contribution >= 4 is 28.6 Å². The molecule has 9 nitrogen and oxygen atoms in total. The van der Waals surface area contributed by atoms with Crippen LogP contribution in [0.15, 0.2) is 67.0 Å². The minimum absolute atomic E-state index is 0.0603. The fourth-order valence-corrected chi connectivity index (χ4v) is 4.18. The number of aryl methyl sites for hydroxylation is 1. The van der Waals surface area contributed by atoms with Gasteiger partial charge in [0.2, 0.25) is 0 Å². The highest BCUT2D eigenvalue weighted by molar-refractivity contribution is 5.94. The van der Waals surface area contributed by atoms with Crippen molar-refractivity contribution in [3.63, 3.8) is 0 Å². The molecule has 1 atom stereocenters. The number of benzene rings is 2. The molecule has 0 bridgehead atoms. The molecule has 3 heterocycles. The maximum absolute atomic E-state index is 12.5. The van der Waals surface area contributed by atoms with E-state index in [0.29, 0.717) is 34.7 Å². The molecule has 2 aromatic heterocycles. The van der Waals surface area contributed by atoms with Gasteiger partial charge in [0, 0.05) is 24.4 Å². The molecule has 182 valence electrons. The van der Waals surface area contributed by atoms with Gasteiger partial charge in [0.25, 0.3) is 0 Å². The molecule has 1 aliphatic heterocycles. The zero-order chi connectivity index (χ0) is 24.9. The maximum Gasteiger partial charge on any atom is 0.319 e. The Labute approximate surface area is 208 Å². The highest BCUT2D eigenvalue weighted by Crippen LogP contribution is 2.33. The Balaban J connectivity index is 1.35. The number of nitrogens with one attached hydrogen (secondary N) is 3. The number of nitrogens with zero attached hydrogens (tertiary/aromatic N) is 3. The van der Waals surface area contributed by atoms with Crippen molar-refractivity contribution in [2.45, 2.75) is 25.9 Å². The minimum Gasteiger partial charge on any atom is -0.457 e. The molecule has 3 N–H and O–H groups in total. The first-order valence-corrected chi connectivity index (χ1v) is 11.8. The number of hydrogen-bond donors (Lipinski definition) is 3. The number of aromatic nitrogens is 2. The molecule has 5 rings (SSSR count). The monoisotopic (exact) mass is 482 g/mol. The van der Waals surface area contributed by atoms with Crippen LogP contribution in [0.1, 0.15) is 24.0 Å². The lowest BCUT2D eigenvalue weighted by Crippen LogP contribution is -2.35. The Morgan fingerprint density at radius 2 is 1.97 bits per heavy atom. The quantitative estimate of drug-likeness (QED) is 0.327. The van der Waals surface area contributed by atoms with Crippen LogP contribution >= 0.6 is 0 Å². The van der Waals surface area contributed by atoms with Crippen LogP contribution in [0, 0.1) is 18.3 Å². The summed E-state index contributed by atoms with van der Waals surface area (Å²) in [6, 6.07) is 18.9. The van der Waals surface area contributed by atoms with Gasteiger partial charge in [0.1, 0.15) is 17.6 Å². The van der Waals surface area contributed by atoms with E-state index in [1.165, 1.54) is 6.20 Å². The average Bonchev–Trinajstić information content (AvgIpc) is 3.53. The molecule has 2 aromatic carbocycles. The number of carbonyl (C=O) groups is 1. The molecule has 0 spiro atoms. The van der Waals surface area contributed by atoms with E-state index in [1.54, 1.807) is 10.7 Å². The Morgan fingerprint density at radius 1 is 1.19 bits per heavy atom. The zero-order valence-corrected chi connectivity index (χ0v) is 19.8. The Morgan fingerprint density at radius 3 is 2.69 bits per heavy atom. The van der Waals surface area contributed by atoms with E-state index in [4.69, 9.17) is 9.47 Å². The van der Waals surface area contributed by atoms with Gasteiger partial charge in [0.15, 0.2) is 0 Å². The normalized spacial score (nSPS) is 14.8. The van der Waals surface area contributed by atoms with E-state index in [0.717, 1.165) is 36.4 Å². The molecule has 36 heavy (non-hydrogen) atoms. The van der Waals surface area contributed by atoms with Crippen molar-refractivity contribution in [3.8, 4) is 17.6 Å². The molecular weight excluding hydrogens is 456 g/mol. The first kappa shape index (κ1) is 23.2. The molecule has 1 unspecified atom stereocenters. The lowest BCUT2D eigenvalue weighted by atomic mass is 10.1. The predicted molar refractivity (Wildman–Crippen MR) is 137 cm³/mol. The second kappa shape index (κ2) is 10.4. The second-order valence-electron chi connectivity index (χ2n) is 8.54. The third-order valence-corrected chi connectivity index (χ3v) is 6.04. The van der Waals surface area contributed by atoms with Crippen LogP contribution in [0.4, 0.5) is 21.9 Å². The number of fused-ring (bicyclic) bond motifs is 1. The number of hydrogen-bond acceptors (Lipinski definition) is 6. The van der Waals surface area contributed by atoms with Crippen LogP contribution in [0.3, 0.4) is 0 Å². The molecule has 0 radical (unpaired) electrons. The summed E-state index contributed by atoms with van der Waals surface area (Å²) in [6.07, 6.45) is 5.27. The van der Waals surface area contributed by atoms with Gasteiger partial charge in [-0.25, -0.2) is 9.31 Å². The number of anilines is 3. The maximum atomic E-state index is 12.5. The predicted octanol–water partition coefficient (Wildman–Crippen LogP) is 5.35. The first-order chi connectivity index (χ1) is 17.6. The van der Waals surface area contributed by atoms with E-state index < -0.39 is 0 Å². The summed E-state index contributed by atoms with van der Waals surface area (Å²) in [5.74, 6) is 1.45. The van der Waals surface area contributed by atoms with Gasteiger partial charge in [-0.15, -0.1) is 0 Å². The molecule has 0 saturated carbocycles. The van der Waals surface area contributed by atoms with E-state index in [1.807, 2.05) is 61.5 Å². The number of amides is 2. The molecule has 2 amide bonds. The number of carbonyl (C=O) groups excluding carboxylic acids is 1. The van der Waals surface area contributed by atoms with E-state index >= 15 is 0 Å². The van der Waals surface area contributed by atoms with Crippen molar-refractivity contribution in [3.05, 3.63) is 78.1 Å². The van der Waals surface area contributed by atoms with E-state index in [9.17, 15) is 10.1 Å². The number of ether oxygens (including phenoxy) is 2. The lowest BCUT2D eigenvalue weighted by molar-refractivity contribution is 0.112.